The number of hydrogen-bond donors (Lipinski definition) is 2. The van der Waals surface area contributed by atoms with Gasteiger partial charge in [-0.15, -0.1) is 0 Å². The molecule has 160 valence electrons. The predicted octanol–water partition coefficient (Wildman–Crippen LogP) is 4.34. The topological polar surface area (TPSA) is 63.1 Å². The molecule has 1 heterocycles. The Morgan fingerprint density at radius 3 is 1.96 bits per heavy atom. The number of ether oxygens (including phenoxy) is 1. The number of aliphatic hydroxyl groups excluding tert-OH is 1. The van der Waals surface area contributed by atoms with Gasteiger partial charge in [-0.05, 0) is 20.3 Å². The summed E-state index contributed by atoms with van der Waals surface area (Å²) < 4.78 is 5.69. The van der Waals surface area contributed by atoms with E-state index in [1.165, 1.54) is 57.8 Å². The number of nitrogens with two attached hydrogens (primary N) is 1. The van der Waals surface area contributed by atoms with Crippen molar-refractivity contribution in [2.45, 2.75) is 122 Å². The Bertz CT molecular complexity index is 378. The highest BCUT2D eigenvalue weighted by Crippen LogP contribution is 2.28. The fraction of sp³-hybridized carbons (Fsp3) is 0.957. The van der Waals surface area contributed by atoms with Gasteiger partial charge in [-0.2, -0.15) is 0 Å². The Labute approximate surface area is 167 Å². The summed E-state index contributed by atoms with van der Waals surface area (Å²) in [5.74, 6) is -0.0257. The fourth-order valence-corrected chi connectivity index (χ4v) is 4.15. The van der Waals surface area contributed by atoms with Crippen LogP contribution in [-0.4, -0.2) is 35.9 Å². The molecule has 4 heteroatoms. The van der Waals surface area contributed by atoms with Crippen LogP contribution in [0.5, 0.6) is 0 Å². The Morgan fingerprint density at radius 1 is 0.963 bits per heavy atom. The van der Waals surface area contributed by atoms with Crippen molar-refractivity contribution >= 4 is 5.97 Å². The van der Waals surface area contributed by atoms with Crippen LogP contribution in [0.25, 0.3) is 0 Å². The molecule has 1 aliphatic rings. The highest BCUT2D eigenvalue weighted by Gasteiger charge is 2.36. The van der Waals surface area contributed by atoms with E-state index in [1.807, 2.05) is 13.8 Å². The molecule has 0 radical (unpaired) electrons. The molecular formula is C23H46NO3+. The van der Waals surface area contributed by atoms with Crippen LogP contribution >= 0.6 is 0 Å². The zero-order valence-corrected chi connectivity index (χ0v) is 18.3. The maximum atomic E-state index is 12.2. The van der Waals surface area contributed by atoms with Gasteiger partial charge in [-0.1, -0.05) is 77.6 Å². The number of aliphatic hydroxyl groups is 1. The van der Waals surface area contributed by atoms with Crippen molar-refractivity contribution in [3.8, 4) is 0 Å². The van der Waals surface area contributed by atoms with Gasteiger partial charge in [0.15, 0.2) is 6.10 Å². The number of rotatable bonds is 15. The van der Waals surface area contributed by atoms with Crippen LogP contribution < -0.4 is 5.32 Å². The van der Waals surface area contributed by atoms with E-state index in [9.17, 15) is 9.90 Å². The molecular weight excluding hydrogens is 338 g/mol. The zero-order valence-electron chi connectivity index (χ0n) is 18.3. The third-order valence-electron chi connectivity index (χ3n) is 6.14. The maximum Gasteiger partial charge on any atom is 0.335 e. The second kappa shape index (κ2) is 14.4. The Morgan fingerprint density at radius 2 is 1.44 bits per heavy atom. The lowest BCUT2D eigenvalue weighted by atomic mass is 9.83. The van der Waals surface area contributed by atoms with E-state index in [2.05, 4.69) is 12.2 Å². The predicted molar refractivity (Wildman–Crippen MR) is 112 cm³/mol. The van der Waals surface area contributed by atoms with Crippen LogP contribution in [0.4, 0.5) is 0 Å². The quantitative estimate of drug-likeness (QED) is 0.326. The summed E-state index contributed by atoms with van der Waals surface area (Å²) in [5, 5.41) is 12.5. The summed E-state index contributed by atoms with van der Waals surface area (Å²) in [5.41, 5.74) is -0.469. The number of piperidine rings is 1. The summed E-state index contributed by atoms with van der Waals surface area (Å²) in [6.07, 6.45) is 15.7. The Kier molecular flexibility index (Phi) is 13.0. The van der Waals surface area contributed by atoms with Crippen LogP contribution in [-0.2, 0) is 9.53 Å². The number of unbranched alkanes of at least 4 members (excludes halogenated alkanes) is 10. The molecule has 1 aliphatic heterocycles. The molecule has 0 aromatic heterocycles. The molecule has 0 amide bonds. The second-order valence-electron chi connectivity index (χ2n) is 9.00. The minimum absolute atomic E-state index is 0.403. The van der Waals surface area contributed by atoms with Crippen LogP contribution in [0.2, 0.25) is 0 Å². The van der Waals surface area contributed by atoms with E-state index in [-0.39, 0.29) is 0 Å². The molecule has 0 aromatic rings. The van der Waals surface area contributed by atoms with Crippen molar-refractivity contribution in [2.75, 3.05) is 13.1 Å². The normalized spacial score (nSPS) is 17.0. The molecule has 0 aliphatic carbocycles. The Hall–Kier alpha value is -0.610. The van der Waals surface area contributed by atoms with Crippen molar-refractivity contribution in [3.63, 3.8) is 0 Å². The van der Waals surface area contributed by atoms with Gasteiger partial charge in [0.2, 0.25) is 0 Å². The molecule has 27 heavy (non-hydrogen) atoms. The van der Waals surface area contributed by atoms with E-state index < -0.39 is 17.7 Å². The van der Waals surface area contributed by atoms with Gasteiger partial charge in [-0.3, -0.25) is 0 Å². The highest BCUT2D eigenvalue weighted by atomic mass is 16.6. The fourth-order valence-electron chi connectivity index (χ4n) is 4.15. The molecule has 4 nitrogen and oxygen atoms in total. The molecule has 1 unspecified atom stereocenters. The SMILES string of the molecule is CCCCCCCCCCCCCC(O)C(=O)OC(C)(C)C1CC[NH2+]CC1. The molecule has 1 atom stereocenters. The van der Waals surface area contributed by atoms with Gasteiger partial charge in [0.1, 0.15) is 5.60 Å². The largest absolute Gasteiger partial charge is 0.457 e. The first-order valence-corrected chi connectivity index (χ1v) is 11.7. The van der Waals surface area contributed by atoms with Gasteiger partial charge in [-0.25, -0.2) is 4.79 Å². The van der Waals surface area contributed by atoms with Crippen molar-refractivity contribution in [1.29, 1.82) is 0 Å². The lowest BCUT2D eigenvalue weighted by Crippen LogP contribution is -2.86. The van der Waals surface area contributed by atoms with Gasteiger partial charge < -0.3 is 15.2 Å². The molecule has 1 rings (SSSR count). The minimum Gasteiger partial charge on any atom is -0.457 e. The summed E-state index contributed by atoms with van der Waals surface area (Å²) in [7, 11) is 0. The van der Waals surface area contributed by atoms with Crippen molar-refractivity contribution in [2.24, 2.45) is 5.92 Å². The molecule has 0 spiro atoms. The van der Waals surface area contributed by atoms with Crippen LogP contribution in [0, 0.1) is 5.92 Å². The lowest BCUT2D eigenvalue weighted by molar-refractivity contribution is -0.665. The van der Waals surface area contributed by atoms with Crippen molar-refractivity contribution < 1.29 is 20.0 Å². The molecule has 1 fully saturated rings. The van der Waals surface area contributed by atoms with Crippen LogP contribution in [0.1, 0.15) is 111 Å². The standard InChI is InChI=1S/C23H45NO3/c1-4-5-6-7-8-9-10-11-12-13-14-15-21(25)22(26)27-23(2,3)20-16-18-24-19-17-20/h20-21,24-25H,4-19H2,1-3H3/p+1. The first kappa shape index (κ1) is 24.4. The van der Waals surface area contributed by atoms with E-state index >= 15 is 0 Å². The number of carbonyl (C=O) groups is 1. The molecule has 0 aromatic carbocycles. The smallest absolute Gasteiger partial charge is 0.335 e. The van der Waals surface area contributed by atoms with Crippen LogP contribution in [0.15, 0.2) is 0 Å². The van der Waals surface area contributed by atoms with Gasteiger partial charge >= 0.3 is 5.97 Å². The minimum atomic E-state index is -0.960. The summed E-state index contributed by atoms with van der Waals surface area (Å²) in [4.78, 5) is 12.2. The van der Waals surface area contributed by atoms with E-state index in [0.717, 1.165) is 38.8 Å². The lowest BCUT2D eigenvalue weighted by Gasteiger charge is -2.36. The Balaban J connectivity index is 2.03. The second-order valence-corrected chi connectivity index (χ2v) is 9.00. The average molecular weight is 385 g/mol. The van der Waals surface area contributed by atoms with Crippen LogP contribution in [0.3, 0.4) is 0 Å². The first-order valence-electron chi connectivity index (χ1n) is 11.7. The highest BCUT2D eigenvalue weighted by molar-refractivity contribution is 5.74. The van der Waals surface area contributed by atoms with Crippen molar-refractivity contribution in [3.05, 3.63) is 0 Å². The molecule has 1 saturated heterocycles. The number of esters is 1. The van der Waals surface area contributed by atoms with Gasteiger partial charge in [0, 0.05) is 18.8 Å². The molecule has 0 bridgehead atoms. The molecule has 0 saturated carbocycles. The van der Waals surface area contributed by atoms with E-state index in [0.29, 0.717) is 12.3 Å². The third kappa shape index (κ3) is 11.1. The first-order chi connectivity index (χ1) is 13.0. The van der Waals surface area contributed by atoms with E-state index in [1.54, 1.807) is 0 Å². The molecule has 3 N–H and O–H groups in total. The monoisotopic (exact) mass is 384 g/mol. The van der Waals surface area contributed by atoms with Gasteiger partial charge in [0.05, 0.1) is 13.1 Å². The van der Waals surface area contributed by atoms with Gasteiger partial charge in [0.25, 0.3) is 0 Å². The number of hydrogen-bond acceptors (Lipinski definition) is 3. The number of quaternary nitrogens is 1. The van der Waals surface area contributed by atoms with Crippen molar-refractivity contribution in [1.82, 2.24) is 0 Å². The van der Waals surface area contributed by atoms with E-state index in [4.69, 9.17) is 4.74 Å². The number of carbonyl (C=O) groups excluding carboxylic acids is 1. The zero-order chi connectivity index (χ0) is 20.0. The average Bonchev–Trinajstić information content (AvgIpc) is 2.66. The third-order valence-corrected chi connectivity index (χ3v) is 6.14. The summed E-state index contributed by atoms with van der Waals surface area (Å²) >= 11 is 0. The maximum absolute atomic E-state index is 12.2. The summed E-state index contributed by atoms with van der Waals surface area (Å²) in [6.45, 7) is 8.46. The summed E-state index contributed by atoms with van der Waals surface area (Å²) in [6, 6.07) is 0.